The van der Waals surface area contributed by atoms with E-state index in [9.17, 15) is 23.4 Å². The number of hydrogen-bond acceptors (Lipinski definition) is 2. The summed E-state index contributed by atoms with van der Waals surface area (Å²) in [5, 5.41) is 21.0. The van der Waals surface area contributed by atoms with Crippen molar-refractivity contribution in [2.45, 2.75) is 135 Å². The molecule has 7 unspecified atom stereocenters. The summed E-state index contributed by atoms with van der Waals surface area (Å²) in [6, 6.07) is 0. The highest BCUT2D eigenvalue weighted by molar-refractivity contribution is 5.10. The SMILES string of the molecule is CC[C@@]1(O)CCC2CCC3C(CCC4(C)C3CCC4[C@H](C)CC[C@@](C)(O)C(F)(F)F)C2(C)CC1. The quantitative estimate of drug-likeness (QED) is 0.414. The monoisotopic (exact) mass is 486 g/mol. The molecule has 2 nitrogen and oxygen atoms in total. The van der Waals surface area contributed by atoms with Crippen LogP contribution in [0.25, 0.3) is 0 Å². The van der Waals surface area contributed by atoms with E-state index in [1.54, 1.807) is 0 Å². The summed E-state index contributed by atoms with van der Waals surface area (Å²) >= 11 is 0. The van der Waals surface area contributed by atoms with Gasteiger partial charge in [-0.3, -0.25) is 0 Å². The molecule has 0 aromatic rings. The first kappa shape index (κ1) is 26.8. The van der Waals surface area contributed by atoms with Crippen LogP contribution in [-0.2, 0) is 0 Å². The Hall–Kier alpha value is -0.290. The van der Waals surface area contributed by atoms with E-state index in [2.05, 4.69) is 27.7 Å². The van der Waals surface area contributed by atoms with Crippen molar-refractivity contribution in [3.8, 4) is 0 Å². The standard InChI is InChI=1S/C29H49F3O2/c1-6-28(34)16-12-20-7-8-21-23-10-9-22(19(2)11-15-27(5,33)29(30,31)32)26(23,4)14-13-24(21)25(20,3)17-18-28/h19-24,33-34H,6-18H2,1-5H3/t19-,20?,21?,22?,23?,24?,25?,26?,27-,28-/m1/s1. The van der Waals surface area contributed by atoms with Crippen molar-refractivity contribution in [2.75, 3.05) is 0 Å². The minimum Gasteiger partial charge on any atom is -0.390 e. The molecule has 4 aliphatic carbocycles. The maximum Gasteiger partial charge on any atom is 0.416 e. The van der Waals surface area contributed by atoms with Gasteiger partial charge < -0.3 is 10.2 Å². The molecule has 0 amide bonds. The molecule has 2 N–H and O–H groups in total. The van der Waals surface area contributed by atoms with Crippen LogP contribution in [0.3, 0.4) is 0 Å². The van der Waals surface area contributed by atoms with Crippen molar-refractivity contribution in [2.24, 2.45) is 46.3 Å². The molecule has 198 valence electrons. The largest absolute Gasteiger partial charge is 0.416 e. The van der Waals surface area contributed by atoms with Crippen molar-refractivity contribution in [1.82, 2.24) is 0 Å². The normalized spacial score (nSPS) is 47.6. The molecule has 0 aromatic heterocycles. The Labute approximate surface area is 205 Å². The van der Waals surface area contributed by atoms with E-state index >= 15 is 0 Å². The Morgan fingerprint density at radius 1 is 0.882 bits per heavy atom. The predicted molar refractivity (Wildman–Crippen MR) is 130 cm³/mol. The second-order valence-corrected chi connectivity index (χ2v) is 13.8. The Kier molecular flexibility index (Phi) is 7.02. The molecule has 0 aliphatic heterocycles. The van der Waals surface area contributed by atoms with E-state index in [1.165, 1.54) is 32.1 Å². The molecule has 0 heterocycles. The van der Waals surface area contributed by atoms with Crippen LogP contribution in [0.5, 0.6) is 0 Å². The molecule has 0 saturated heterocycles. The number of rotatable bonds is 5. The summed E-state index contributed by atoms with van der Waals surface area (Å²) in [5.74, 6) is 3.50. The van der Waals surface area contributed by atoms with Crippen LogP contribution in [0.15, 0.2) is 0 Å². The zero-order valence-electron chi connectivity index (χ0n) is 22.2. The average Bonchev–Trinajstić information content (AvgIpc) is 3.05. The van der Waals surface area contributed by atoms with Gasteiger partial charge >= 0.3 is 6.18 Å². The minimum absolute atomic E-state index is 0.199. The van der Waals surface area contributed by atoms with Crippen LogP contribution >= 0.6 is 0 Å². The van der Waals surface area contributed by atoms with Crippen LogP contribution in [0.1, 0.15) is 118 Å². The van der Waals surface area contributed by atoms with Crippen molar-refractivity contribution < 1.29 is 23.4 Å². The summed E-state index contributed by atoms with van der Waals surface area (Å²) in [4.78, 5) is 0. The minimum atomic E-state index is -4.57. The molecule has 0 aromatic carbocycles. The van der Waals surface area contributed by atoms with Crippen LogP contribution < -0.4 is 0 Å². The molecule has 10 atom stereocenters. The van der Waals surface area contributed by atoms with E-state index in [4.69, 9.17) is 0 Å². The van der Waals surface area contributed by atoms with Gasteiger partial charge in [-0.25, -0.2) is 0 Å². The summed E-state index contributed by atoms with van der Waals surface area (Å²) in [6.07, 6.45) is 8.01. The van der Waals surface area contributed by atoms with Crippen LogP contribution in [-0.4, -0.2) is 27.6 Å². The first-order valence-electron chi connectivity index (χ1n) is 14.2. The summed E-state index contributed by atoms with van der Waals surface area (Å²) < 4.78 is 39.6. The van der Waals surface area contributed by atoms with Crippen LogP contribution in [0.4, 0.5) is 13.2 Å². The molecule has 0 radical (unpaired) electrons. The molecule has 5 heteroatoms. The topological polar surface area (TPSA) is 40.5 Å². The highest BCUT2D eigenvalue weighted by Gasteiger charge is 2.60. The smallest absolute Gasteiger partial charge is 0.390 e. The first-order valence-corrected chi connectivity index (χ1v) is 14.2. The highest BCUT2D eigenvalue weighted by atomic mass is 19.4. The molecule has 34 heavy (non-hydrogen) atoms. The first-order chi connectivity index (χ1) is 15.7. The molecular formula is C29H49F3O2. The van der Waals surface area contributed by atoms with Crippen LogP contribution in [0.2, 0.25) is 0 Å². The van der Waals surface area contributed by atoms with Gasteiger partial charge in [-0.15, -0.1) is 0 Å². The number of fused-ring (bicyclic) bond motifs is 5. The van der Waals surface area contributed by atoms with Gasteiger partial charge in [-0.1, -0.05) is 27.7 Å². The van der Waals surface area contributed by atoms with E-state index in [0.717, 1.165) is 63.2 Å². The maximum atomic E-state index is 13.2. The summed E-state index contributed by atoms with van der Waals surface area (Å²) in [7, 11) is 0. The number of hydrogen-bond donors (Lipinski definition) is 2. The molecule has 0 spiro atoms. The molecule has 4 rings (SSSR count). The fourth-order valence-electron chi connectivity index (χ4n) is 9.65. The van der Waals surface area contributed by atoms with E-state index < -0.39 is 17.4 Å². The lowest BCUT2D eigenvalue weighted by atomic mass is 9.46. The molecular weight excluding hydrogens is 437 g/mol. The second kappa shape index (κ2) is 8.92. The number of aliphatic hydroxyl groups is 2. The Morgan fingerprint density at radius 3 is 2.21 bits per heavy atom. The van der Waals surface area contributed by atoms with Gasteiger partial charge in [0.2, 0.25) is 0 Å². The van der Waals surface area contributed by atoms with Crippen molar-refractivity contribution in [3.05, 3.63) is 0 Å². The Balaban J connectivity index is 1.47. The lowest BCUT2D eigenvalue weighted by Gasteiger charge is -2.59. The van der Waals surface area contributed by atoms with E-state index in [-0.39, 0.29) is 17.8 Å². The number of alkyl halides is 3. The Bertz CT molecular complexity index is 735. The molecule has 0 bridgehead atoms. The fraction of sp³-hybridized carbons (Fsp3) is 1.00. The van der Waals surface area contributed by atoms with E-state index in [0.29, 0.717) is 23.7 Å². The maximum absolute atomic E-state index is 13.2. The van der Waals surface area contributed by atoms with Gasteiger partial charge in [-0.2, -0.15) is 13.2 Å². The zero-order chi connectivity index (χ0) is 25.2. The van der Waals surface area contributed by atoms with Gasteiger partial charge in [0.05, 0.1) is 5.60 Å². The average molecular weight is 487 g/mol. The van der Waals surface area contributed by atoms with Gasteiger partial charge in [0.1, 0.15) is 0 Å². The zero-order valence-corrected chi connectivity index (χ0v) is 22.2. The van der Waals surface area contributed by atoms with Crippen molar-refractivity contribution in [3.63, 3.8) is 0 Å². The number of halogens is 3. The third-order valence-corrected chi connectivity index (χ3v) is 12.3. The van der Waals surface area contributed by atoms with Gasteiger partial charge in [0.15, 0.2) is 5.60 Å². The van der Waals surface area contributed by atoms with Crippen LogP contribution in [0, 0.1) is 46.3 Å². The van der Waals surface area contributed by atoms with Crippen molar-refractivity contribution >= 4 is 0 Å². The third kappa shape index (κ3) is 4.37. The highest BCUT2D eigenvalue weighted by Crippen LogP contribution is 2.68. The predicted octanol–water partition coefficient (Wildman–Crippen LogP) is 7.91. The second-order valence-electron chi connectivity index (χ2n) is 13.8. The lowest BCUT2D eigenvalue weighted by molar-refractivity contribution is -0.256. The van der Waals surface area contributed by atoms with Gasteiger partial charge in [0, 0.05) is 0 Å². The third-order valence-electron chi connectivity index (χ3n) is 12.3. The fourth-order valence-corrected chi connectivity index (χ4v) is 9.65. The van der Waals surface area contributed by atoms with Crippen molar-refractivity contribution in [1.29, 1.82) is 0 Å². The molecule has 4 saturated carbocycles. The molecule has 4 aliphatic rings. The van der Waals surface area contributed by atoms with Gasteiger partial charge in [0.25, 0.3) is 0 Å². The lowest BCUT2D eigenvalue weighted by Crippen LogP contribution is -2.52. The molecule has 4 fully saturated rings. The summed E-state index contributed by atoms with van der Waals surface area (Å²) in [6.45, 7) is 10.2. The summed E-state index contributed by atoms with van der Waals surface area (Å²) in [5.41, 5.74) is -2.54. The van der Waals surface area contributed by atoms with E-state index in [1.807, 2.05) is 0 Å². The Morgan fingerprint density at radius 2 is 1.56 bits per heavy atom. The van der Waals surface area contributed by atoms with Gasteiger partial charge in [-0.05, 0) is 137 Å².